The molecule has 9 heteroatoms. The second kappa shape index (κ2) is 38.2. The molecule has 1 heterocycles. The second-order valence-electron chi connectivity index (χ2n) is 16.9. The molecule has 7 atom stereocenters. The summed E-state index contributed by atoms with van der Waals surface area (Å²) in [5, 5.41) is 54.0. The van der Waals surface area contributed by atoms with Gasteiger partial charge in [-0.15, -0.1) is 0 Å². The number of hydrogen-bond acceptors (Lipinski definition) is 8. The van der Waals surface area contributed by atoms with Gasteiger partial charge in [0.15, 0.2) is 6.29 Å². The van der Waals surface area contributed by atoms with Gasteiger partial charge in [0.1, 0.15) is 24.4 Å². The summed E-state index contributed by atoms with van der Waals surface area (Å²) in [6, 6.07) is -0.796. The third-order valence-corrected chi connectivity index (χ3v) is 11.6. The Kier molecular flexibility index (Phi) is 36.1. The molecule has 0 aromatic carbocycles. The maximum absolute atomic E-state index is 12.8. The lowest BCUT2D eigenvalue weighted by Crippen LogP contribution is -2.60. The average Bonchev–Trinajstić information content (AvgIpc) is 3.20. The Hall–Kier alpha value is -1.07. The maximum Gasteiger partial charge on any atom is 0.220 e. The lowest BCUT2D eigenvalue weighted by molar-refractivity contribution is -0.302. The monoisotopic (exact) mass is 798 g/mol. The second-order valence-corrected chi connectivity index (χ2v) is 16.9. The standard InChI is InChI=1S/C47H91NO8/c1-3-5-7-9-11-12-13-14-15-16-17-18-19-20-21-22-23-24-25-26-27-28-29-31-32-34-36-41(50)40(48-43(51)37-35-33-30-10-8-6-4-2)39-55-47-46(54)45(53)44(52)42(38-49)56-47/h34,36,40-42,44-47,49-50,52-54H,3-33,35,37-39H2,1-2H3,(H,48,51)/b36-34+. The van der Waals surface area contributed by atoms with E-state index in [0.29, 0.717) is 6.42 Å². The van der Waals surface area contributed by atoms with Crippen molar-refractivity contribution in [2.45, 2.75) is 269 Å². The van der Waals surface area contributed by atoms with Crippen LogP contribution in [0.25, 0.3) is 0 Å². The summed E-state index contributed by atoms with van der Waals surface area (Å²) in [6.07, 6.45) is 37.3. The Labute approximate surface area is 344 Å². The number of hydrogen-bond donors (Lipinski definition) is 6. The number of rotatable bonds is 40. The maximum atomic E-state index is 12.8. The lowest BCUT2D eigenvalue weighted by Gasteiger charge is -2.40. The molecule has 1 rings (SSSR count). The van der Waals surface area contributed by atoms with Gasteiger partial charge in [-0.25, -0.2) is 0 Å². The van der Waals surface area contributed by atoms with E-state index >= 15 is 0 Å². The zero-order chi connectivity index (χ0) is 40.9. The molecule has 0 aromatic rings. The largest absolute Gasteiger partial charge is 0.394 e. The van der Waals surface area contributed by atoms with E-state index in [1.54, 1.807) is 6.08 Å². The van der Waals surface area contributed by atoms with Crippen molar-refractivity contribution in [1.82, 2.24) is 5.32 Å². The molecule has 1 fully saturated rings. The van der Waals surface area contributed by atoms with Crippen molar-refractivity contribution in [3.8, 4) is 0 Å². The molecular weight excluding hydrogens is 707 g/mol. The fraction of sp³-hybridized carbons (Fsp3) is 0.936. The van der Waals surface area contributed by atoms with Crippen LogP contribution >= 0.6 is 0 Å². The van der Waals surface area contributed by atoms with Gasteiger partial charge in [0.2, 0.25) is 5.91 Å². The summed E-state index contributed by atoms with van der Waals surface area (Å²) in [5.74, 6) is -0.182. The lowest BCUT2D eigenvalue weighted by atomic mass is 9.99. The molecule has 0 radical (unpaired) electrons. The number of amides is 1. The summed E-state index contributed by atoms with van der Waals surface area (Å²) in [7, 11) is 0. The zero-order valence-electron chi connectivity index (χ0n) is 36.4. The molecule has 0 bridgehead atoms. The van der Waals surface area contributed by atoms with Gasteiger partial charge in [0.25, 0.3) is 0 Å². The number of unbranched alkanes of at least 4 members (excludes halogenated alkanes) is 30. The van der Waals surface area contributed by atoms with Gasteiger partial charge in [0, 0.05) is 6.42 Å². The quantitative estimate of drug-likeness (QED) is 0.0265. The zero-order valence-corrected chi connectivity index (χ0v) is 36.4. The molecule has 1 aliphatic heterocycles. The van der Waals surface area contributed by atoms with Gasteiger partial charge in [-0.1, -0.05) is 212 Å². The van der Waals surface area contributed by atoms with E-state index in [1.807, 2.05) is 6.08 Å². The molecule has 1 saturated heterocycles. The smallest absolute Gasteiger partial charge is 0.220 e. The van der Waals surface area contributed by atoms with Gasteiger partial charge in [-0.2, -0.15) is 0 Å². The first-order valence-electron chi connectivity index (χ1n) is 23.9. The molecule has 0 spiro atoms. The molecule has 0 saturated carbocycles. The fourth-order valence-corrected chi connectivity index (χ4v) is 7.75. The number of aliphatic hydroxyl groups excluding tert-OH is 5. The Morgan fingerprint density at radius 1 is 0.589 bits per heavy atom. The third kappa shape index (κ3) is 28.4. The Morgan fingerprint density at radius 2 is 0.982 bits per heavy atom. The topological polar surface area (TPSA) is 149 Å². The normalized spacial score (nSPS) is 21.2. The summed E-state index contributed by atoms with van der Waals surface area (Å²) in [6.45, 7) is 3.73. The van der Waals surface area contributed by atoms with Crippen LogP contribution in [0, 0.1) is 0 Å². The Balaban J connectivity index is 2.18. The first-order chi connectivity index (χ1) is 27.3. The van der Waals surface area contributed by atoms with Crippen LogP contribution < -0.4 is 5.32 Å². The van der Waals surface area contributed by atoms with Gasteiger partial charge in [-0.05, 0) is 19.3 Å². The van der Waals surface area contributed by atoms with Gasteiger partial charge in [0.05, 0.1) is 25.4 Å². The van der Waals surface area contributed by atoms with E-state index in [9.17, 15) is 30.3 Å². The summed E-state index contributed by atoms with van der Waals surface area (Å²) in [5.41, 5.74) is 0. The molecule has 9 nitrogen and oxygen atoms in total. The average molecular weight is 798 g/mol. The van der Waals surface area contributed by atoms with Crippen molar-refractivity contribution in [3.05, 3.63) is 12.2 Å². The highest BCUT2D eigenvalue weighted by molar-refractivity contribution is 5.76. The number of allylic oxidation sites excluding steroid dienone is 1. The first-order valence-corrected chi connectivity index (χ1v) is 23.9. The predicted octanol–water partition coefficient (Wildman–Crippen LogP) is 10.1. The molecular formula is C47H91NO8. The highest BCUT2D eigenvalue weighted by Gasteiger charge is 2.44. The van der Waals surface area contributed by atoms with Crippen molar-refractivity contribution in [3.63, 3.8) is 0 Å². The van der Waals surface area contributed by atoms with Gasteiger partial charge >= 0.3 is 0 Å². The van der Waals surface area contributed by atoms with E-state index in [1.165, 1.54) is 167 Å². The van der Waals surface area contributed by atoms with Crippen molar-refractivity contribution >= 4 is 5.91 Å². The van der Waals surface area contributed by atoms with E-state index in [4.69, 9.17) is 9.47 Å². The molecule has 0 aliphatic carbocycles. The number of nitrogens with one attached hydrogen (secondary N) is 1. The van der Waals surface area contributed by atoms with E-state index < -0.39 is 49.5 Å². The number of aliphatic hydroxyl groups is 5. The van der Waals surface area contributed by atoms with E-state index in [-0.39, 0.29) is 12.5 Å². The van der Waals surface area contributed by atoms with Crippen molar-refractivity contribution < 1.29 is 39.8 Å². The van der Waals surface area contributed by atoms with Crippen molar-refractivity contribution in [2.75, 3.05) is 13.2 Å². The van der Waals surface area contributed by atoms with E-state index in [0.717, 1.165) is 38.5 Å². The van der Waals surface area contributed by atoms with Gasteiger partial charge < -0.3 is 40.3 Å². The number of carbonyl (C=O) groups excluding carboxylic acids is 1. The summed E-state index contributed by atoms with van der Waals surface area (Å²) >= 11 is 0. The number of carbonyl (C=O) groups is 1. The molecule has 0 aromatic heterocycles. The Morgan fingerprint density at radius 3 is 1.39 bits per heavy atom. The number of ether oxygens (including phenoxy) is 2. The van der Waals surface area contributed by atoms with Crippen LogP contribution in [0.3, 0.4) is 0 Å². The van der Waals surface area contributed by atoms with Crippen LogP contribution in [0.2, 0.25) is 0 Å². The molecule has 56 heavy (non-hydrogen) atoms. The minimum atomic E-state index is -1.56. The highest BCUT2D eigenvalue weighted by atomic mass is 16.7. The van der Waals surface area contributed by atoms with Gasteiger partial charge in [-0.3, -0.25) is 4.79 Å². The molecule has 1 amide bonds. The highest BCUT2D eigenvalue weighted by Crippen LogP contribution is 2.23. The van der Waals surface area contributed by atoms with Crippen LogP contribution in [-0.2, 0) is 14.3 Å². The third-order valence-electron chi connectivity index (χ3n) is 11.6. The SMILES string of the molecule is CCCCCCCCCCCCCCCCCCCCCCCCCC/C=C/C(O)C(COC1OC(CO)C(O)C(O)C1O)NC(=O)CCCCCCCCC. The van der Waals surface area contributed by atoms with Crippen molar-refractivity contribution in [1.29, 1.82) is 0 Å². The minimum absolute atomic E-state index is 0.182. The Bertz CT molecular complexity index is 888. The van der Waals surface area contributed by atoms with Crippen molar-refractivity contribution in [2.24, 2.45) is 0 Å². The van der Waals surface area contributed by atoms with Crippen LogP contribution in [0.1, 0.15) is 226 Å². The predicted molar refractivity (Wildman–Crippen MR) is 231 cm³/mol. The molecule has 6 N–H and O–H groups in total. The molecule has 1 aliphatic rings. The van der Waals surface area contributed by atoms with Crippen LogP contribution in [0.15, 0.2) is 12.2 Å². The molecule has 7 unspecified atom stereocenters. The first kappa shape index (κ1) is 52.9. The van der Waals surface area contributed by atoms with Crippen LogP contribution in [0.4, 0.5) is 0 Å². The van der Waals surface area contributed by atoms with Crippen LogP contribution in [0.5, 0.6) is 0 Å². The van der Waals surface area contributed by atoms with E-state index in [2.05, 4.69) is 19.2 Å². The summed E-state index contributed by atoms with van der Waals surface area (Å²) in [4.78, 5) is 12.8. The molecule has 332 valence electrons. The van der Waals surface area contributed by atoms with Crippen LogP contribution in [-0.4, -0.2) is 87.5 Å². The fourth-order valence-electron chi connectivity index (χ4n) is 7.75. The minimum Gasteiger partial charge on any atom is -0.394 e. The summed E-state index contributed by atoms with van der Waals surface area (Å²) < 4.78 is 11.2.